The number of hydrogen-bond acceptors (Lipinski definition) is 4. The zero-order valence-corrected chi connectivity index (χ0v) is 15.3. The number of hydrogen-bond donors (Lipinski definition) is 2. The number of benzene rings is 2. The molecule has 6 nitrogen and oxygen atoms in total. The van der Waals surface area contributed by atoms with Crippen LogP contribution in [0.25, 0.3) is 17.1 Å². The molecular weight excluding hydrogens is 366 g/mol. The molecule has 7 heteroatoms. The Morgan fingerprint density at radius 2 is 2.11 bits per heavy atom. The van der Waals surface area contributed by atoms with Crippen molar-refractivity contribution in [1.82, 2.24) is 15.3 Å². The minimum atomic E-state index is -0.183. The smallest absolute Gasteiger partial charge is 0.244 e. The fourth-order valence-electron chi connectivity index (χ4n) is 2.89. The van der Waals surface area contributed by atoms with Gasteiger partial charge in [0.1, 0.15) is 19.0 Å². The van der Waals surface area contributed by atoms with E-state index in [0.717, 1.165) is 22.4 Å². The molecule has 27 heavy (non-hydrogen) atoms. The number of halogens is 1. The van der Waals surface area contributed by atoms with Gasteiger partial charge in [0.05, 0.1) is 16.1 Å². The highest BCUT2D eigenvalue weighted by Crippen LogP contribution is 2.38. The second-order valence-corrected chi connectivity index (χ2v) is 6.51. The predicted molar refractivity (Wildman–Crippen MR) is 104 cm³/mol. The van der Waals surface area contributed by atoms with Crippen LogP contribution in [-0.2, 0) is 11.2 Å². The third-order valence-corrected chi connectivity index (χ3v) is 4.43. The van der Waals surface area contributed by atoms with E-state index in [1.165, 1.54) is 6.08 Å². The molecule has 0 spiro atoms. The van der Waals surface area contributed by atoms with E-state index in [-0.39, 0.29) is 5.91 Å². The topological polar surface area (TPSA) is 76.2 Å². The van der Waals surface area contributed by atoms with Gasteiger partial charge in [-0.2, -0.15) is 0 Å². The van der Waals surface area contributed by atoms with E-state index in [4.69, 9.17) is 21.1 Å². The lowest BCUT2D eigenvalue weighted by Crippen LogP contribution is -2.23. The molecule has 1 aliphatic rings. The van der Waals surface area contributed by atoms with Crippen molar-refractivity contribution in [2.24, 2.45) is 0 Å². The maximum absolute atomic E-state index is 12.0. The second kappa shape index (κ2) is 7.72. The molecule has 2 aromatic carbocycles. The van der Waals surface area contributed by atoms with E-state index in [9.17, 15) is 4.79 Å². The summed E-state index contributed by atoms with van der Waals surface area (Å²) in [5, 5.41) is 3.32. The fraction of sp³-hybridized carbons (Fsp3) is 0.200. The molecule has 0 saturated carbocycles. The Labute approximate surface area is 161 Å². The van der Waals surface area contributed by atoms with Gasteiger partial charge >= 0.3 is 0 Å². The Morgan fingerprint density at radius 1 is 1.26 bits per heavy atom. The summed E-state index contributed by atoms with van der Waals surface area (Å²) in [4.78, 5) is 19.8. The van der Waals surface area contributed by atoms with Crippen molar-refractivity contribution >= 4 is 34.6 Å². The lowest BCUT2D eigenvalue weighted by atomic mass is 10.1. The summed E-state index contributed by atoms with van der Waals surface area (Å²) in [5.41, 5.74) is 2.69. The number of aromatic amines is 1. The van der Waals surface area contributed by atoms with Crippen molar-refractivity contribution in [2.75, 3.05) is 19.8 Å². The standard InChI is InChI=1S/C20H18ClN3O3/c21-14-11-13(12-17-20(14)27-10-9-26-17)5-6-19(25)22-8-7-18-23-15-3-1-2-4-16(15)24-18/h1-6,11-12H,7-10H2,(H,22,25)(H,23,24)/b6-5+. The number of rotatable bonds is 5. The van der Waals surface area contributed by atoms with Crippen molar-refractivity contribution in [3.63, 3.8) is 0 Å². The summed E-state index contributed by atoms with van der Waals surface area (Å²) in [7, 11) is 0. The van der Waals surface area contributed by atoms with Crippen molar-refractivity contribution in [2.45, 2.75) is 6.42 Å². The minimum Gasteiger partial charge on any atom is -0.486 e. The van der Waals surface area contributed by atoms with Crippen molar-refractivity contribution < 1.29 is 14.3 Å². The molecule has 0 unspecified atom stereocenters. The summed E-state index contributed by atoms with van der Waals surface area (Å²) >= 11 is 6.20. The van der Waals surface area contributed by atoms with Gasteiger partial charge in [0.2, 0.25) is 5.91 Å². The van der Waals surface area contributed by atoms with E-state index in [0.29, 0.717) is 42.7 Å². The van der Waals surface area contributed by atoms with Crippen molar-refractivity contribution in [3.05, 3.63) is 58.9 Å². The average Bonchev–Trinajstić information content (AvgIpc) is 3.09. The average molecular weight is 384 g/mol. The Balaban J connectivity index is 1.33. The highest BCUT2D eigenvalue weighted by Gasteiger charge is 2.15. The molecule has 1 amide bonds. The molecule has 1 aliphatic heterocycles. The zero-order valence-electron chi connectivity index (χ0n) is 14.5. The lowest BCUT2D eigenvalue weighted by Gasteiger charge is -2.19. The molecule has 0 aliphatic carbocycles. The van der Waals surface area contributed by atoms with Gasteiger partial charge in [0.15, 0.2) is 11.5 Å². The van der Waals surface area contributed by atoms with Crippen LogP contribution in [0.1, 0.15) is 11.4 Å². The van der Waals surface area contributed by atoms with E-state index < -0.39 is 0 Å². The van der Waals surface area contributed by atoms with Crippen LogP contribution in [0.3, 0.4) is 0 Å². The van der Waals surface area contributed by atoms with Gasteiger partial charge in [-0.25, -0.2) is 4.98 Å². The van der Waals surface area contributed by atoms with E-state index in [2.05, 4.69) is 15.3 Å². The first kappa shape index (κ1) is 17.4. The summed E-state index contributed by atoms with van der Waals surface area (Å²) in [6.45, 7) is 1.46. The number of aromatic nitrogens is 2. The lowest BCUT2D eigenvalue weighted by molar-refractivity contribution is -0.116. The molecule has 0 saturated heterocycles. The number of carbonyl (C=O) groups is 1. The van der Waals surface area contributed by atoms with Gasteiger partial charge in [-0.3, -0.25) is 4.79 Å². The molecule has 3 aromatic rings. The molecule has 0 atom stereocenters. The summed E-state index contributed by atoms with van der Waals surface area (Å²) in [6.07, 6.45) is 3.80. The molecule has 1 aromatic heterocycles. The van der Waals surface area contributed by atoms with E-state index >= 15 is 0 Å². The normalized spacial score (nSPS) is 13.2. The summed E-state index contributed by atoms with van der Waals surface area (Å²) < 4.78 is 11.0. The van der Waals surface area contributed by atoms with Gasteiger partial charge in [-0.1, -0.05) is 23.7 Å². The number of ether oxygens (including phenoxy) is 2. The van der Waals surface area contributed by atoms with Crippen LogP contribution in [0.5, 0.6) is 11.5 Å². The predicted octanol–water partition coefficient (Wildman–Crippen LogP) is 3.36. The summed E-state index contributed by atoms with van der Waals surface area (Å²) in [6, 6.07) is 11.4. The van der Waals surface area contributed by atoms with Crippen LogP contribution in [-0.4, -0.2) is 35.6 Å². The van der Waals surface area contributed by atoms with Crippen LogP contribution in [0, 0.1) is 0 Å². The maximum Gasteiger partial charge on any atom is 0.244 e. The molecule has 2 heterocycles. The van der Waals surface area contributed by atoms with E-state index in [1.54, 1.807) is 18.2 Å². The van der Waals surface area contributed by atoms with Crippen LogP contribution < -0.4 is 14.8 Å². The number of para-hydroxylation sites is 2. The molecule has 0 fully saturated rings. The number of nitrogens with zero attached hydrogens (tertiary/aromatic N) is 1. The van der Waals surface area contributed by atoms with Gasteiger partial charge in [-0.15, -0.1) is 0 Å². The minimum absolute atomic E-state index is 0.183. The van der Waals surface area contributed by atoms with Crippen LogP contribution in [0.2, 0.25) is 5.02 Å². The van der Waals surface area contributed by atoms with Crippen molar-refractivity contribution in [1.29, 1.82) is 0 Å². The number of nitrogens with one attached hydrogen (secondary N) is 2. The number of imidazole rings is 1. The Bertz CT molecular complexity index is 980. The third-order valence-electron chi connectivity index (χ3n) is 4.15. The number of H-pyrrole nitrogens is 1. The SMILES string of the molecule is O=C(/C=C/c1cc(Cl)c2c(c1)OCCO2)NCCc1nc2ccccc2[nH]1. The third kappa shape index (κ3) is 4.06. The number of amides is 1. The van der Waals surface area contributed by atoms with Crippen LogP contribution in [0.15, 0.2) is 42.5 Å². The first-order valence-corrected chi connectivity index (χ1v) is 9.05. The molecule has 0 radical (unpaired) electrons. The fourth-order valence-corrected chi connectivity index (χ4v) is 3.16. The Hall–Kier alpha value is -2.99. The molecule has 4 rings (SSSR count). The zero-order chi connectivity index (χ0) is 18.6. The maximum atomic E-state index is 12.0. The van der Waals surface area contributed by atoms with Crippen molar-refractivity contribution in [3.8, 4) is 11.5 Å². The van der Waals surface area contributed by atoms with Gasteiger partial charge in [0, 0.05) is 19.0 Å². The molecule has 0 bridgehead atoms. The highest BCUT2D eigenvalue weighted by molar-refractivity contribution is 6.32. The quantitative estimate of drug-likeness (QED) is 0.662. The second-order valence-electron chi connectivity index (χ2n) is 6.10. The first-order valence-electron chi connectivity index (χ1n) is 8.68. The number of fused-ring (bicyclic) bond motifs is 2. The van der Waals surface area contributed by atoms with Crippen LogP contribution >= 0.6 is 11.6 Å². The van der Waals surface area contributed by atoms with Gasteiger partial charge < -0.3 is 19.8 Å². The molecule has 138 valence electrons. The van der Waals surface area contributed by atoms with E-state index in [1.807, 2.05) is 24.3 Å². The first-order chi connectivity index (χ1) is 13.2. The monoisotopic (exact) mass is 383 g/mol. The van der Waals surface area contributed by atoms with Gasteiger partial charge in [-0.05, 0) is 35.9 Å². The highest BCUT2D eigenvalue weighted by atomic mass is 35.5. The Kier molecular flexibility index (Phi) is 4.98. The Morgan fingerprint density at radius 3 is 3.00 bits per heavy atom. The van der Waals surface area contributed by atoms with Gasteiger partial charge in [0.25, 0.3) is 0 Å². The van der Waals surface area contributed by atoms with Crippen LogP contribution in [0.4, 0.5) is 0 Å². The largest absolute Gasteiger partial charge is 0.486 e. The molecular formula is C20H18ClN3O3. The molecule has 2 N–H and O–H groups in total. The summed E-state index contributed by atoms with van der Waals surface area (Å²) in [5.74, 6) is 1.81. The number of carbonyl (C=O) groups excluding carboxylic acids is 1.